The Hall–Kier alpha value is -6.64. The molecule has 8 rings (SSSR count). The van der Waals surface area contributed by atoms with Gasteiger partial charge in [-0.3, -0.25) is 0 Å². The van der Waals surface area contributed by atoms with Crippen molar-refractivity contribution in [3.05, 3.63) is 200 Å². The lowest BCUT2D eigenvalue weighted by molar-refractivity contribution is 1.18. The molecule has 7 aromatic carbocycles. The average Bonchev–Trinajstić information content (AvgIpc) is 3.21. The Labute approximate surface area is 293 Å². The van der Waals surface area contributed by atoms with Crippen LogP contribution in [0.3, 0.4) is 0 Å². The summed E-state index contributed by atoms with van der Waals surface area (Å²) in [4.78, 5) is 10.1. The summed E-state index contributed by atoms with van der Waals surface area (Å²) in [5.74, 6) is 0.689. The minimum atomic E-state index is 0.689. The number of aromatic nitrogens is 2. The lowest BCUT2D eigenvalue weighted by atomic mass is 9.98. The molecule has 0 fully saturated rings. The van der Waals surface area contributed by atoms with Crippen LogP contribution < -0.4 is 0 Å². The molecule has 1 heterocycles. The molecule has 0 amide bonds. The maximum Gasteiger partial charge on any atom is 0.160 e. The van der Waals surface area contributed by atoms with Gasteiger partial charge in [-0.1, -0.05) is 195 Å². The Bertz CT molecular complexity index is 2210. The van der Waals surface area contributed by atoms with Gasteiger partial charge in [-0.15, -0.1) is 0 Å². The molecular formula is C48H34N2. The minimum Gasteiger partial charge on any atom is -0.228 e. The van der Waals surface area contributed by atoms with Gasteiger partial charge in [-0.2, -0.15) is 0 Å². The molecule has 0 radical (unpaired) electrons. The number of hydrogen-bond donors (Lipinski definition) is 0. The van der Waals surface area contributed by atoms with Gasteiger partial charge >= 0.3 is 0 Å². The Morgan fingerprint density at radius 2 is 0.580 bits per heavy atom. The van der Waals surface area contributed by atoms with Crippen LogP contribution in [0.5, 0.6) is 0 Å². The number of hydrogen-bond acceptors (Lipinski definition) is 2. The largest absolute Gasteiger partial charge is 0.228 e. The monoisotopic (exact) mass is 638 g/mol. The van der Waals surface area contributed by atoms with E-state index in [9.17, 15) is 0 Å². The van der Waals surface area contributed by atoms with E-state index in [2.05, 4.69) is 170 Å². The van der Waals surface area contributed by atoms with Gasteiger partial charge < -0.3 is 0 Å². The van der Waals surface area contributed by atoms with Crippen LogP contribution in [0.15, 0.2) is 195 Å². The summed E-state index contributed by atoms with van der Waals surface area (Å²) < 4.78 is 0. The summed E-state index contributed by atoms with van der Waals surface area (Å²) in [7, 11) is 0. The third-order valence-electron chi connectivity index (χ3n) is 9.14. The normalized spacial score (nSPS) is 10.9. The summed E-state index contributed by atoms with van der Waals surface area (Å²) >= 11 is 0. The summed E-state index contributed by atoms with van der Waals surface area (Å²) in [6.45, 7) is 3.90. The Balaban J connectivity index is 1.10. The summed E-state index contributed by atoms with van der Waals surface area (Å²) in [6, 6.07) is 66.0. The first-order valence-electron chi connectivity index (χ1n) is 16.8. The van der Waals surface area contributed by atoms with Gasteiger partial charge in [0, 0.05) is 16.7 Å². The third kappa shape index (κ3) is 6.56. The highest BCUT2D eigenvalue weighted by Crippen LogP contribution is 2.32. The molecule has 0 N–H and O–H groups in total. The SMILES string of the molecule is C=Cc1ccc(-c2nc(-c3ccc(-c4ccc(-c5ccccc5)cc4)cc3)cc(-c3ccc(-c4ccc(-c5ccccc5)cc4)cc3)n2)cc1. The molecule has 0 aliphatic heterocycles. The fourth-order valence-electron chi connectivity index (χ4n) is 6.28. The molecule has 2 nitrogen and oxygen atoms in total. The van der Waals surface area contributed by atoms with Gasteiger partial charge in [0.15, 0.2) is 5.82 Å². The molecule has 0 spiro atoms. The first kappa shape index (κ1) is 30.7. The van der Waals surface area contributed by atoms with Crippen molar-refractivity contribution >= 4 is 6.08 Å². The van der Waals surface area contributed by atoms with E-state index in [0.717, 1.165) is 44.8 Å². The zero-order valence-corrected chi connectivity index (χ0v) is 27.6. The maximum atomic E-state index is 5.06. The van der Waals surface area contributed by atoms with E-state index >= 15 is 0 Å². The second-order valence-electron chi connectivity index (χ2n) is 12.3. The fraction of sp³-hybridized carbons (Fsp3) is 0. The molecule has 1 aromatic heterocycles. The molecule has 0 atom stereocenters. The van der Waals surface area contributed by atoms with Crippen molar-refractivity contribution in [2.75, 3.05) is 0 Å². The van der Waals surface area contributed by atoms with Crippen LogP contribution in [0.4, 0.5) is 0 Å². The van der Waals surface area contributed by atoms with Crippen LogP contribution in [0.2, 0.25) is 0 Å². The molecule has 0 saturated carbocycles. The van der Waals surface area contributed by atoms with E-state index in [0.29, 0.717) is 5.82 Å². The van der Waals surface area contributed by atoms with E-state index in [4.69, 9.17) is 9.97 Å². The van der Waals surface area contributed by atoms with Crippen molar-refractivity contribution in [1.29, 1.82) is 0 Å². The lowest BCUT2D eigenvalue weighted by Gasteiger charge is -2.11. The summed E-state index contributed by atoms with van der Waals surface area (Å²) in [5, 5.41) is 0. The first-order chi connectivity index (χ1) is 24.7. The maximum absolute atomic E-state index is 5.06. The fourth-order valence-corrected chi connectivity index (χ4v) is 6.28. The summed E-state index contributed by atoms with van der Waals surface area (Å²) in [6.07, 6.45) is 1.85. The van der Waals surface area contributed by atoms with Crippen LogP contribution in [-0.2, 0) is 0 Å². The smallest absolute Gasteiger partial charge is 0.160 e. The quantitative estimate of drug-likeness (QED) is 0.165. The minimum absolute atomic E-state index is 0.689. The van der Waals surface area contributed by atoms with Crippen molar-refractivity contribution in [2.24, 2.45) is 0 Å². The van der Waals surface area contributed by atoms with Gasteiger partial charge in [0.05, 0.1) is 11.4 Å². The predicted octanol–water partition coefficient (Wildman–Crippen LogP) is 12.8. The van der Waals surface area contributed by atoms with Gasteiger partial charge in [0.25, 0.3) is 0 Å². The van der Waals surface area contributed by atoms with Crippen molar-refractivity contribution in [3.63, 3.8) is 0 Å². The van der Waals surface area contributed by atoms with Crippen molar-refractivity contribution in [1.82, 2.24) is 9.97 Å². The Morgan fingerprint density at radius 1 is 0.300 bits per heavy atom. The van der Waals surface area contributed by atoms with E-state index < -0.39 is 0 Å². The van der Waals surface area contributed by atoms with Crippen LogP contribution in [0, 0.1) is 0 Å². The van der Waals surface area contributed by atoms with E-state index in [1.54, 1.807) is 0 Å². The number of rotatable bonds is 8. The molecule has 8 aromatic rings. The lowest BCUT2D eigenvalue weighted by Crippen LogP contribution is -1.96. The zero-order chi connectivity index (χ0) is 33.7. The molecule has 0 aliphatic rings. The second kappa shape index (κ2) is 13.8. The van der Waals surface area contributed by atoms with Gasteiger partial charge in [0.2, 0.25) is 0 Å². The zero-order valence-electron chi connectivity index (χ0n) is 27.6. The molecule has 2 heteroatoms. The van der Waals surface area contributed by atoms with Crippen LogP contribution in [0.25, 0.3) is 84.5 Å². The number of nitrogens with zero attached hydrogens (tertiary/aromatic N) is 2. The second-order valence-corrected chi connectivity index (χ2v) is 12.3. The van der Waals surface area contributed by atoms with Crippen LogP contribution in [0.1, 0.15) is 5.56 Å². The van der Waals surface area contributed by atoms with E-state index in [-0.39, 0.29) is 0 Å². The standard InChI is InChI=1S/C48H34N2/c1-2-34-13-15-45(16-14-34)48-49-46(43-29-25-41(26-30-43)39-21-17-37(18-22-39)35-9-5-3-6-10-35)33-47(50-48)44-31-27-42(28-32-44)40-23-19-38(20-24-40)36-11-7-4-8-12-36/h2-33H,1H2. The van der Waals surface area contributed by atoms with Gasteiger partial charge in [-0.25, -0.2) is 9.97 Å². The van der Waals surface area contributed by atoms with Crippen molar-refractivity contribution in [3.8, 4) is 78.4 Å². The van der Waals surface area contributed by atoms with Gasteiger partial charge in [0.1, 0.15) is 0 Å². The van der Waals surface area contributed by atoms with Crippen LogP contribution in [-0.4, -0.2) is 9.97 Å². The molecule has 0 unspecified atom stereocenters. The van der Waals surface area contributed by atoms with Gasteiger partial charge in [-0.05, 0) is 56.1 Å². The van der Waals surface area contributed by atoms with Crippen LogP contribution >= 0.6 is 0 Å². The molecule has 50 heavy (non-hydrogen) atoms. The van der Waals surface area contributed by atoms with Crippen molar-refractivity contribution in [2.45, 2.75) is 0 Å². The number of benzene rings is 7. The third-order valence-corrected chi connectivity index (χ3v) is 9.14. The topological polar surface area (TPSA) is 25.8 Å². The van der Waals surface area contributed by atoms with Crippen molar-refractivity contribution < 1.29 is 0 Å². The highest BCUT2D eigenvalue weighted by Gasteiger charge is 2.12. The highest BCUT2D eigenvalue weighted by atomic mass is 14.9. The average molecular weight is 639 g/mol. The summed E-state index contributed by atoms with van der Waals surface area (Å²) in [5.41, 5.74) is 15.4. The molecule has 0 bridgehead atoms. The molecule has 0 aliphatic carbocycles. The first-order valence-corrected chi connectivity index (χ1v) is 16.8. The highest BCUT2D eigenvalue weighted by molar-refractivity contribution is 5.77. The Kier molecular flexibility index (Phi) is 8.49. The Morgan fingerprint density at radius 3 is 0.900 bits per heavy atom. The molecular weight excluding hydrogens is 605 g/mol. The molecule has 236 valence electrons. The predicted molar refractivity (Wildman–Crippen MR) is 210 cm³/mol. The van der Waals surface area contributed by atoms with E-state index in [1.165, 1.54) is 33.4 Å². The van der Waals surface area contributed by atoms with E-state index in [1.807, 2.05) is 30.3 Å². The molecule has 0 saturated heterocycles.